The molecular formula is C21H28N4O2. The monoisotopic (exact) mass is 368 g/mol. The van der Waals surface area contributed by atoms with Gasteiger partial charge >= 0.3 is 0 Å². The highest BCUT2D eigenvalue weighted by molar-refractivity contribution is 5.96. The van der Waals surface area contributed by atoms with Crippen LogP contribution in [0.4, 0.5) is 11.5 Å². The summed E-state index contributed by atoms with van der Waals surface area (Å²) in [5, 5.41) is 8.51. The largest absolute Gasteiger partial charge is 0.315 e. The molecule has 2 aromatic rings. The van der Waals surface area contributed by atoms with E-state index in [0.29, 0.717) is 6.42 Å². The van der Waals surface area contributed by atoms with Gasteiger partial charge in [-0.2, -0.15) is 0 Å². The van der Waals surface area contributed by atoms with Crippen LogP contribution >= 0.6 is 0 Å². The smallest absolute Gasteiger partial charge is 0.243 e. The number of amides is 1. The van der Waals surface area contributed by atoms with Crippen molar-refractivity contribution >= 4 is 23.2 Å². The molecule has 2 rings (SSSR count). The number of pyridine rings is 1. The molecule has 1 amide bonds. The Bertz CT molecular complexity index is 747. The maximum atomic E-state index is 11.0. The molecule has 6 heteroatoms. The van der Waals surface area contributed by atoms with Gasteiger partial charge in [-0.25, -0.2) is 15.5 Å². The Hall–Kier alpha value is -2.73. The van der Waals surface area contributed by atoms with E-state index in [1.165, 1.54) is 0 Å². The van der Waals surface area contributed by atoms with E-state index in [-0.39, 0.29) is 5.91 Å². The van der Waals surface area contributed by atoms with Crippen molar-refractivity contribution in [3.63, 3.8) is 0 Å². The molecule has 0 saturated carbocycles. The summed E-state index contributed by atoms with van der Waals surface area (Å²) in [5.74, 6) is 1.46. The van der Waals surface area contributed by atoms with Crippen molar-refractivity contribution in [2.24, 2.45) is 4.99 Å². The molecule has 144 valence electrons. The highest BCUT2D eigenvalue weighted by Crippen LogP contribution is 2.20. The van der Waals surface area contributed by atoms with Gasteiger partial charge in [-0.05, 0) is 50.5 Å². The number of aliphatic imine (C=N–C) groups is 1. The minimum absolute atomic E-state index is 0.327. The van der Waals surface area contributed by atoms with Gasteiger partial charge in [0.15, 0.2) is 0 Å². The predicted molar refractivity (Wildman–Crippen MR) is 109 cm³/mol. The number of nitrogens with one attached hydrogen (secondary N) is 1. The highest BCUT2D eigenvalue weighted by Gasteiger charge is 2.11. The summed E-state index contributed by atoms with van der Waals surface area (Å²) in [7, 11) is 0. The van der Waals surface area contributed by atoms with Gasteiger partial charge in [-0.15, -0.1) is 0 Å². The van der Waals surface area contributed by atoms with Gasteiger partial charge in [0.05, 0.1) is 5.69 Å². The number of para-hydroxylation sites is 1. The first-order valence-corrected chi connectivity index (χ1v) is 9.34. The lowest BCUT2D eigenvalue weighted by Crippen LogP contribution is -2.30. The molecule has 2 N–H and O–H groups in total. The third kappa shape index (κ3) is 6.83. The first-order valence-electron chi connectivity index (χ1n) is 9.34. The van der Waals surface area contributed by atoms with E-state index in [0.717, 1.165) is 55.1 Å². The molecule has 0 fully saturated rings. The zero-order valence-electron chi connectivity index (χ0n) is 16.1. The van der Waals surface area contributed by atoms with E-state index < -0.39 is 0 Å². The van der Waals surface area contributed by atoms with E-state index in [2.05, 4.69) is 22.9 Å². The number of aryl methyl sites for hydroxylation is 1. The summed E-state index contributed by atoms with van der Waals surface area (Å²) in [6, 6.07) is 13.9. The number of hydrogen-bond acceptors (Lipinski definition) is 4. The Balaban J connectivity index is 2.00. The van der Waals surface area contributed by atoms with E-state index >= 15 is 0 Å². The fraction of sp³-hybridized carbons (Fsp3) is 0.381. The Kier molecular flexibility index (Phi) is 8.45. The number of hydroxylamine groups is 1. The molecule has 0 aliphatic carbocycles. The summed E-state index contributed by atoms with van der Waals surface area (Å²) < 4.78 is 0. The van der Waals surface area contributed by atoms with Crippen molar-refractivity contribution in [3.05, 3.63) is 54.2 Å². The molecule has 0 unspecified atom stereocenters. The number of carbonyl (C=O) groups is 1. The number of carbonyl (C=O) groups excluding carboxylic acids is 1. The molecule has 0 atom stereocenters. The molecule has 0 aliphatic heterocycles. The second-order valence-electron chi connectivity index (χ2n) is 6.48. The lowest BCUT2D eigenvalue weighted by atomic mass is 10.1. The average molecular weight is 368 g/mol. The quantitative estimate of drug-likeness (QED) is 0.226. The van der Waals surface area contributed by atoms with Crippen LogP contribution in [0.3, 0.4) is 0 Å². The number of unbranched alkanes of at least 4 members (excludes halogenated alkanes) is 3. The predicted octanol–water partition coefficient (Wildman–Crippen LogP) is 4.40. The van der Waals surface area contributed by atoms with E-state index in [9.17, 15) is 4.79 Å². The van der Waals surface area contributed by atoms with Gasteiger partial charge in [-0.1, -0.05) is 37.1 Å². The van der Waals surface area contributed by atoms with Gasteiger partial charge in [-0.3, -0.25) is 10.0 Å². The number of anilines is 1. The molecule has 0 radical (unpaired) electrons. The van der Waals surface area contributed by atoms with Crippen molar-refractivity contribution in [2.45, 2.75) is 46.0 Å². The zero-order valence-corrected chi connectivity index (χ0v) is 16.1. The topological polar surface area (TPSA) is 77.8 Å². The van der Waals surface area contributed by atoms with Crippen LogP contribution in [-0.2, 0) is 4.79 Å². The normalized spacial score (nSPS) is 11.3. The van der Waals surface area contributed by atoms with Crippen molar-refractivity contribution in [3.8, 4) is 0 Å². The minimum Gasteiger partial charge on any atom is -0.315 e. The highest BCUT2D eigenvalue weighted by atomic mass is 16.5. The number of rotatable bonds is 9. The van der Waals surface area contributed by atoms with Crippen LogP contribution in [0.2, 0.25) is 0 Å². The SMILES string of the molecule is C/C(=N\c1ccccc1C)N(CCCCCCC(=O)NO)c1ccccn1. The van der Waals surface area contributed by atoms with Crippen LogP contribution in [0.1, 0.15) is 44.6 Å². The number of amidine groups is 1. The molecule has 1 aromatic carbocycles. The van der Waals surface area contributed by atoms with Gasteiger partial charge in [0, 0.05) is 19.2 Å². The maximum Gasteiger partial charge on any atom is 0.243 e. The van der Waals surface area contributed by atoms with Gasteiger partial charge < -0.3 is 4.90 Å². The van der Waals surface area contributed by atoms with Crippen LogP contribution in [0, 0.1) is 6.92 Å². The second kappa shape index (κ2) is 11.1. The molecule has 0 bridgehead atoms. The average Bonchev–Trinajstić information content (AvgIpc) is 2.69. The van der Waals surface area contributed by atoms with Crippen LogP contribution < -0.4 is 10.4 Å². The number of benzene rings is 1. The first-order chi connectivity index (χ1) is 13.1. The molecule has 0 saturated heterocycles. The summed E-state index contributed by atoms with van der Waals surface area (Å²) in [5.41, 5.74) is 3.77. The number of aromatic nitrogens is 1. The van der Waals surface area contributed by atoms with Crippen molar-refractivity contribution in [2.75, 3.05) is 11.4 Å². The number of nitrogens with zero attached hydrogens (tertiary/aromatic N) is 3. The fourth-order valence-electron chi connectivity index (χ4n) is 2.84. The third-order valence-electron chi connectivity index (χ3n) is 4.37. The Morgan fingerprint density at radius 2 is 1.85 bits per heavy atom. The molecule has 6 nitrogen and oxygen atoms in total. The molecule has 0 spiro atoms. The maximum absolute atomic E-state index is 11.0. The van der Waals surface area contributed by atoms with Crippen LogP contribution in [0.25, 0.3) is 0 Å². The molecular weight excluding hydrogens is 340 g/mol. The third-order valence-corrected chi connectivity index (χ3v) is 4.37. The van der Waals surface area contributed by atoms with Crippen molar-refractivity contribution < 1.29 is 10.0 Å². The fourth-order valence-corrected chi connectivity index (χ4v) is 2.84. The van der Waals surface area contributed by atoms with E-state index in [1.807, 2.05) is 43.3 Å². The zero-order chi connectivity index (χ0) is 19.5. The van der Waals surface area contributed by atoms with Gasteiger partial charge in [0.2, 0.25) is 5.91 Å². The lowest BCUT2D eigenvalue weighted by Gasteiger charge is -2.23. The van der Waals surface area contributed by atoms with Crippen molar-refractivity contribution in [1.82, 2.24) is 10.5 Å². The van der Waals surface area contributed by atoms with E-state index in [4.69, 9.17) is 10.2 Å². The standard InChI is InChI=1S/C21H28N4O2/c1-17-11-6-7-12-19(17)23-18(2)25(20-13-8-9-15-22-20)16-10-4-3-5-14-21(26)24-27/h6-9,11-13,15,27H,3-5,10,14,16H2,1-2H3,(H,24,26)/b23-18+. The van der Waals surface area contributed by atoms with Gasteiger partial charge in [0.1, 0.15) is 11.7 Å². The summed E-state index contributed by atoms with van der Waals surface area (Å²) >= 11 is 0. The Labute approximate surface area is 160 Å². The van der Waals surface area contributed by atoms with E-state index in [1.54, 1.807) is 11.7 Å². The van der Waals surface area contributed by atoms with Crippen molar-refractivity contribution in [1.29, 1.82) is 0 Å². The first kappa shape index (κ1) is 20.6. The number of hydrogen-bond donors (Lipinski definition) is 2. The molecule has 1 heterocycles. The second-order valence-corrected chi connectivity index (χ2v) is 6.48. The van der Waals surface area contributed by atoms with Gasteiger partial charge in [0.25, 0.3) is 0 Å². The molecule has 0 aliphatic rings. The molecule has 27 heavy (non-hydrogen) atoms. The van der Waals surface area contributed by atoms with Crippen LogP contribution in [-0.4, -0.2) is 28.5 Å². The Morgan fingerprint density at radius 1 is 1.11 bits per heavy atom. The summed E-state index contributed by atoms with van der Waals surface area (Å²) in [6.07, 6.45) is 5.83. The molecule has 1 aromatic heterocycles. The summed E-state index contributed by atoms with van der Waals surface area (Å²) in [6.45, 7) is 4.87. The lowest BCUT2D eigenvalue weighted by molar-refractivity contribution is -0.129. The minimum atomic E-state index is -0.327. The summed E-state index contributed by atoms with van der Waals surface area (Å²) in [4.78, 5) is 22.5. The Morgan fingerprint density at radius 3 is 2.56 bits per heavy atom. The van der Waals surface area contributed by atoms with Crippen LogP contribution in [0.15, 0.2) is 53.7 Å². The van der Waals surface area contributed by atoms with Crippen LogP contribution in [0.5, 0.6) is 0 Å².